The molecule has 0 saturated carbocycles. The average Bonchev–Trinajstić information content (AvgIpc) is 2.71. The number of rotatable bonds is 6. The molecule has 0 N–H and O–H groups in total. The summed E-state index contributed by atoms with van der Waals surface area (Å²) in [7, 11) is 0. The normalized spacial score (nSPS) is 23.5. The Kier molecular flexibility index (Phi) is 5.76. The van der Waals surface area contributed by atoms with Gasteiger partial charge in [-0.15, -0.1) is 0 Å². The van der Waals surface area contributed by atoms with Crippen LogP contribution in [0.3, 0.4) is 0 Å². The SMILES string of the molecule is CCOC1CN(C(=O)CN=[N+]=[N-])CC1OCC. The first-order valence-electron chi connectivity index (χ1n) is 5.74. The van der Waals surface area contributed by atoms with Gasteiger partial charge in [0.2, 0.25) is 5.91 Å². The standard InChI is InChI=1S/C10H18N4O3/c1-3-16-8-6-14(7-9(8)17-4-2)10(15)5-12-13-11/h8-9H,3-7H2,1-2H3. The number of carbonyl (C=O) groups is 1. The van der Waals surface area contributed by atoms with Crippen molar-refractivity contribution in [2.75, 3.05) is 32.8 Å². The summed E-state index contributed by atoms with van der Waals surface area (Å²) in [5, 5.41) is 3.27. The minimum absolute atomic E-state index is 0.0880. The molecule has 1 saturated heterocycles. The highest BCUT2D eigenvalue weighted by Gasteiger charge is 2.35. The molecule has 96 valence electrons. The molecule has 1 aliphatic rings. The maximum Gasteiger partial charge on any atom is 0.228 e. The van der Waals surface area contributed by atoms with Gasteiger partial charge < -0.3 is 14.4 Å². The van der Waals surface area contributed by atoms with E-state index in [1.165, 1.54) is 0 Å². The molecule has 1 heterocycles. The van der Waals surface area contributed by atoms with Gasteiger partial charge in [-0.25, -0.2) is 0 Å². The van der Waals surface area contributed by atoms with Gasteiger partial charge in [0, 0.05) is 31.2 Å². The first-order valence-corrected chi connectivity index (χ1v) is 5.74. The lowest BCUT2D eigenvalue weighted by Gasteiger charge is -2.17. The number of carbonyl (C=O) groups excluding carboxylic acids is 1. The first-order chi connectivity index (χ1) is 8.22. The highest BCUT2D eigenvalue weighted by molar-refractivity contribution is 5.78. The van der Waals surface area contributed by atoms with Crippen LogP contribution in [0.15, 0.2) is 5.11 Å². The van der Waals surface area contributed by atoms with Gasteiger partial charge in [-0.1, -0.05) is 5.11 Å². The molecule has 2 unspecified atom stereocenters. The monoisotopic (exact) mass is 242 g/mol. The predicted molar refractivity (Wildman–Crippen MR) is 61.4 cm³/mol. The Labute approximate surface area is 100 Å². The number of azide groups is 1. The van der Waals surface area contributed by atoms with Crippen LogP contribution in [-0.2, 0) is 14.3 Å². The van der Waals surface area contributed by atoms with Gasteiger partial charge in [0.1, 0.15) is 18.8 Å². The van der Waals surface area contributed by atoms with Gasteiger partial charge in [-0.05, 0) is 19.4 Å². The third-order valence-corrected chi connectivity index (χ3v) is 2.60. The summed E-state index contributed by atoms with van der Waals surface area (Å²) in [5.41, 5.74) is 8.17. The Morgan fingerprint density at radius 1 is 1.35 bits per heavy atom. The van der Waals surface area contributed by atoms with Crippen molar-refractivity contribution in [3.05, 3.63) is 10.4 Å². The van der Waals surface area contributed by atoms with E-state index >= 15 is 0 Å². The lowest BCUT2D eigenvalue weighted by atomic mass is 10.2. The topological polar surface area (TPSA) is 87.5 Å². The van der Waals surface area contributed by atoms with Crippen LogP contribution in [-0.4, -0.2) is 55.9 Å². The number of hydrogen-bond acceptors (Lipinski definition) is 4. The van der Waals surface area contributed by atoms with Crippen LogP contribution in [0.2, 0.25) is 0 Å². The van der Waals surface area contributed by atoms with Crippen LogP contribution in [0.1, 0.15) is 13.8 Å². The molecule has 7 nitrogen and oxygen atoms in total. The fourth-order valence-corrected chi connectivity index (χ4v) is 1.89. The molecule has 0 aromatic carbocycles. The zero-order valence-electron chi connectivity index (χ0n) is 10.2. The zero-order valence-corrected chi connectivity index (χ0v) is 10.2. The van der Waals surface area contributed by atoms with Crippen LogP contribution in [0, 0.1) is 0 Å². The van der Waals surface area contributed by atoms with Crippen molar-refractivity contribution in [3.8, 4) is 0 Å². The Hall–Kier alpha value is -1.30. The largest absolute Gasteiger partial charge is 0.374 e. The highest BCUT2D eigenvalue weighted by Crippen LogP contribution is 2.17. The average molecular weight is 242 g/mol. The summed E-state index contributed by atoms with van der Waals surface area (Å²) < 4.78 is 11.1. The number of ether oxygens (including phenoxy) is 2. The molecule has 0 bridgehead atoms. The Balaban J connectivity index is 2.54. The summed E-state index contributed by atoms with van der Waals surface area (Å²) in [4.78, 5) is 15.8. The quantitative estimate of drug-likeness (QED) is 0.394. The fraction of sp³-hybridized carbons (Fsp3) is 0.900. The van der Waals surface area contributed by atoms with Crippen LogP contribution >= 0.6 is 0 Å². The number of hydrogen-bond donors (Lipinski definition) is 0. The third kappa shape index (κ3) is 3.89. The molecule has 0 aromatic heterocycles. The molecule has 1 aliphatic heterocycles. The van der Waals surface area contributed by atoms with Crippen molar-refractivity contribution in [2.45, 2.75) is 26.1 Å². The molecule has 2 atom stereocenters. The molecule has 0 radical (unpaired) electrons. The molecule has 0 aliphatic carbocycles. The zero-order chi connectivity index (χ0) is 12.7. The molecule has 1 fully saturated rings. The smallest absolute Gasteiger partial charge is 0.228 e. The molecule has 1 amide bonds. The maximum atomic E-state index is 11.7. The second-order valence-electron chi connectivity index (χ2n) is 3.68. The van der Waals surface area contributed by atoms with Crippen molar-refractivity contribution < 1.29 is 14.3 Å². The minimum atomic E-state index is -0.185. The predicted octanol–water partition coefficient (Wildman–Crippen LogP) is 0.949. The summed E-state index contributed by atoms with van der Waals surface area (Å²) in [6, 6.07) is 0. The van der Waals surface area contributed by atoms with Crippen molar-refractivity contribution in [1.82, 2.24) is 4.90 Å². The first kappa shape index (κ1) is 13.8. The van der Waals surface area contributed by atoms with E-state index < -0.39 is 0 Å². The van der Waals surface area contributed by atoms with Crippen LogP contribution in [0.5, 0.6) is 0 Å². The Morgan fingerprint density at radius 2 is 1.88 bits per heavy atom. The molecule has 0 spiro atoms. The Morgan fingerprint density at radius 3 is 2.29 bits per heavy atom. The van der Waals surface area contributed by atoms with E-state index in [4.69, 9.17) is 15.0 Å². The van der Waals surface area contributed by atoms with E-state index in [2.05, 4.69) is 10.0 Å². The van der Waals surface area contributed by atoms with Crippen molar-refractivity contribution in [2.24, 2.45) is 5.11 Å². The van der Waals surface area contributed by atoms with E-state index in [1.807, 2.05) is 13.8 Å². The molecule has 17 heavy (non-hydrogen) atoms. The van der Waals surface area contributed by atoms with Crippen molar-refractivity contribution in [1.29, 1.82) is 0 Å². The second-order valence-corrected chi connectivity index (χ2v) is 3.68. The molecule has 1 rings (SSSR count). The lowest BCUT2D eigenvalue weighted by molar-refractivity contribution is -0.129. The van der Waals surface area contributed by atoms with Crippen LogP contribution in [0.25, 0.3) is 10.4 Å². The van der Waals surface area contributed by atoms with E-state index in [1.54, 1.807) is 4.90 Å². The third-order valence-electron chi connectivity index (χ3n) is 2.60. The van der Waals surface area contributed by atoms with E-state index in [0.29, 0.717) is 26.3 Å². The summed E-state index contributed by atoms with van der Waals surface area (Å²) in [6.07, 6.45) is -0.176. The van der Waals surface area contributed by atoms with Gasteiger partial charge in [0.05, 0.1) is 0 Å². The van der Waals surface area contributed by atoms with Gasteiger partial charge in [-0.3, -0.25) is 4.79 Å². The molecule has 0 aromatic rings. The van der Waals surface area contributed by atoms with Gasteiger partial charge in [-0.2, -0.15) is 0 Å². The van der Waals surface area contributed by atoms with E-state index in [9.17, 15) is 4.79 Å². The summed E-state index contributed by atoms with van der Waals surface area (Å²) in [6.45, 7) is 5.85. The lowest BCUT2D eigenvalue weighted by Crippen LogP contribution is -2.31. The number of likely N-dealkylation sites (tertiary alicyclic amines) is 1. The highest BCUT2D eigenvalue weighted by atomic mass is 16.5. The van der Waals surface area contributed by atoms with Crippen LogP contribution in [0.4, 0.5) is 0 Å². The van der Waals surface area contributed by atoms with Gasteiger partial charge >= 0.3 is 0 Å². The number of nitrogens with zero attached hydrogens (tertiary/aromatic N) is 4. The van der Waals surface area contributed by atoms with E-state index in [-0.39, 0.29) is 24.7 Å². The summed E-state index contributed by atoms with van der Waals surface area (Å²) in [5.74, 6) is -0.185. The number of amides is 1. The Bertz CT molecular complexity index is 290. The molecular formula is C10H18N4O3. The molecule has 7 heteroatoms. The van der Waals surface area contributed by atoms with Crippen LogP contribution < -0.4 is 0 Å². The minimum Gasteiger partial charge on any atom is -0.374 e. The molecular weight excluding hydrogens is 224 g/mol. The summed E-state index contributed by atoms with van der Waals surface area (Å²) >= 11 is 0. The van der Waals surface area contributed by atoms with Crippen molar-refractivity contribution >= 4 is 5.91 Å². The fourth-order valence-electron chi connectivity index (χ4n) is 1.89. The van der Waals surface area contributed by atoms with Crippen molar-refractivity contribution in [3.63, 3.8) is 0 Å². The maximum absolute atomic E-state index is 11.7. The second kappa shape index (κ2) is 7.11. The van der Waals surface area contributed by atoms with E-state index in [0.717, 1.165) is 0 Å². The van der Waals surface area contributed by atoms with Gasteiger partial charge in [0.25, 0.3) is 0 Å². The van der Waals surface area contributed by atoms with Gasteiger partial charge in [0.15, 0.2) is 0 Å².